The van der Waals surface area contributed by atoms with Gasteiger partial charge in [-0.25, -0.2) is 0 Å². The number of likely N-dealkylation sites (tertiary alicyclic amines) is 1. The number of nitrogens with zero attached hydrogens (tertiary/aromatic N) is 1. The second kappa shape index (κ2) is 9.24. The lowest BCUT2D eigenvalue weighted by atomic mass is 10.0. The first-order valence-electron chi connectivity index (χ1n) is 8.87. The fraction of sp³-hybridized carbons (Fsp3) is 0.381. The largest absolute Gasteiger partial charge is 0.348 e. The second-order valence-corrected chi connectivity index (χ2v) is 6.02. The molecule has 1 aliphatic heterocycles. The molecule has 0 unspecified atom stereocenters. The molecule has 1 fully saturated rings. The molecule has 0 aliphatic carbocycles. The lowest BCUT2D eigenvalue weighted by Crippen LogP contribution is -2.46. The summed E-state index contributed by atoms with van der Waals surface area (Å²) in [6, 6.07) is 18.3. The number of likely N-dealkylation sites (N-methyl/N-ethyl adjacent to an activating group) is 1. The van der Waals surface area contributed by atoms with Crippen molar-refractivity contribution in [2.45, 2.75) is 32.7 Å². The van der Waals surface area contributed by atoms with E-state index in [4.69, 9.17) is 0 Å². The summed E-state index contributed by atoms with van der Waals surface area (Å²) in [4.78, 5) is 14.7. The molecule has 1 atom stereocenters. The molecule has 1 saturated heterocycles. The van der Waals surface area contributed by atoms with E-state index in [-0.39, 0.29) is 11.9 Å². The van der Waals surface area contributed by atoms with E-state index in [9.17, 15) is 4.79 Å². The molecule has 24 heavy (non-hydrogen) atoms. The van der Waals surface area contributed by atoms with Crippen molar-refractivity contribution in [3.63, 3.8) is 0 Å². The zero-order valence-corrected chi connectivity index (χ0v) is 15.0. The molecule has 0 aromatic heterocycles. The van der Waals surface area contributed by atoms with Gasteiger partial charge in [0.1, 0.15) is 0 Å². The average Bonchev–Trinajstić information content (AvgIpc) is 2.64. The van der Waals surface area contributed by atoms with Gasteiger partial charge in [-0.2, -0.15) is 0 Å². The van der Waals surface area contributed by atoms with Crippen LogP contribution in [0.5, 0.6) is 0 Å². The standard InChI is InChI=1S/C19H22N2O.C2H6/c1-21-12-6-11-18(14-21)20-19(22)17-10-5-9-16(13-17)15-7-3-2-4-8-15;1-2/h2-5,7-10,13,18H,6,11-12,14H2,1H3,(H,20,22);1-2H3/t18-;/m1./s1. The highest BCUT2D eigenvalue weighted by Crippen LogP contribution is 2.20. The fourth-order valence-corrected chi connectivity index (χ4v) is 3.02. The van der Waals surface area contributed by atoms with E-state index in [0.717, 1.165) is 42.6 Å². The molecule has 3 nitrogen and oxygen atoms in total. The maximum Gasteiger partial charge on any atom is 0.251 e. The summed E-state index contributed by atoms with van der Waals surface area (Å²) >= 11 is 0. The summed E-state index contributed by atoms with van der Waals surface area (Å²) in [5.74, 6) is 0.0260. The molecule has 1 amide bonds. The van der Waals surface area contributed by atoms with E-state index in [2.05, 4.69) is 29.4 Å². The number of carbonyl (C=O) groups excluding carboxylic acids is 1. The Hall–Kier alpha value is -2.13. The van der Waals surface area contributed by atoms with Gasteiger partial charge in [-0.3, -0.25) is 4.79 Å². The molecule has 3 heteroatoms. The minimum absolute atomic E-state index is 0.0260. The van der Waals surface area contributed by atoms with Crippen molar-refractivity contribution in [3.8, 4) is 11.1 Å². The van der Waals surface area contributed by atoms with Crippen LogP contribution in [-0.4, -0.2) is 37.0 Å². The predicted octanol–water partition coefficient (Wildman–Crippen LogP) is 4.20. The van der Waals surface area contributed by atoms with Gasteiger partial charge in [0.2, 0.25) is 0 Å². The smallest absolute Gasteiger partial charge is 0.251 e. The van der Waals surface area contributed by atoms with E-state index in [1.54, 1.807) is 0 Å². The minimum atomic E-state index is 0.0260. The molecule has 128 valence electrons. The van der Waals surface area contributed by atoms with E-state index in [1.165, 1.54) is 0 Å². The monoisotopic (exact) mass is 324 g/mol. The Morgan fingerprint density at radius 1 is 1.04 bits per heavy atom. The van der Waals surface area contributed by atoms with Crippen LogP contribution in [0.15, 0.2) is 54.6 Å². The molecule has 3 rings (SSSR count). The highest BCUT2D eigenvalue weighted by molar-refractivity contribution is 5.95. The number of piperidine rings is 1. The number of hydrogen-bond acceptors (Lipinski definition) is 2. The normalized spacial score (nSPS) is 17.5. The van der Waals surface area contributed by atoms with E-state index in [0.29, 0.717) is 0 Å². The van der Waals surface area contributed by atoms with Gasteiger partial charge in [0.05, 0.1) is 0 Å². The third kappa shape index (κ3) is 4.93. The molecule has 2 aromatic carbocycles. The molecule has 0 saturated carbocycles. The van der Waals surface area contributed by atoms with Gasteiger partial charge >= 0.3 is 0 Å². The Morgan fingerprint density at radius 2 is 1.75 bits per heavy atom. The number of hydrogen-bond donors (Lipinski definition) is 1. The zero-order valence-electron chi connectivity index (χ0n) is 15.0. The molecule has 1 aliphatic rings. The van der Waals surface area contributed by atoms with Crippen LogP contribution in [0.2, 0.25) is 0 Å². The predicted molar refractivity (Wildman–Crippen MR) is 101 cm³/mol. The van der Waals surface area contributed by atoms with Crippen LogP contribution in [0.1, 0.15) is 37.0 Å². The van der Waals surface area contributed by atoms with Crippen molar-refractivity contribution in [2.75, 3.05) is 20.1 Å². The van der Waals surface area contributed by atoms with Gasteiger partial charge in [0.25, 0.3) is 5.91 Å². The summed E-state index contributed by atoms with van der Waals surface area (Å²) in [6.07, 6.45) is 2.21. The summed E-state index contributed by atoms with van der Waals surface area (Å²) in [5.41, 5.74) is 2.94. The fourth-order valence-electron chi connectivity index (χ4n) is 3.02. The van der Waals surface area contributed by atoms with Crippen LogP contribution in [0.3, 0.4) is 0 Å². The number of rotatable bonds is 3. The molecule has 1 N–H and O–H groups in total. The van der Waals surface area contributed by atoms with Gasteiger partial charge in [-0.05, 0) is 49.7 Å². The molecule has 0 radical (unpaired) electrons. The Kier molecular flexibility index (Phi) is 7.01. The topological polar surface area (TPSA) is 32.3 Å². The Labute approximate surface area is 145 Å². The van der Waals surface area contributed by atoms with Crippen LogP contribution in [-0.2, 0) is 0 Å². The van der Waals surface area contributed by atoms with Crippen LogP contribution in [0.4, 0.5) is 0 Å². The van der Waals surface area contributed by atoms with Crippen LogP contribution < -0.4 is 5.32 Å². The first-order chi connectivity index (χ1) is 11.7. The van der Waals surface area contributed by atoms with E-state index < -0.39 is 0 Å². The van der Waals surface area contributed by atoms with Gasteiger partial charge in [-0.1, -0.05) is 56.3 Å². The number of nitrogens with one attached hydrogen (secondary N) is 1. The quantitative estimate of drug-likeness (QED) is 0.917. The number of benzene rings is 2. The number of amides is 1. The number of carbonyl (C=O) groups is 1. The summed E-state index contributed by atoms with van der Waals surface area (Å²) in [7, 11) is 2.11. The summed E-state index contributed by atoms with van der Waals surface area (Å²) in [5, 5.41) is 3.16. The van der Waals surface area contributed by atoms with Gasteiger partial charge < -0.3 is 10.2 Å². The van der Waals surface area contributed by atoms with Crippen molar-refractivity contribution in [1.29, 1.82) is 0 Å². The Morgan fingerprint density at radius 3 is 2.46 bits per heavy atom. The molecular weight excluding hydrogens is 296 g/mol. The first-order valence-corrected chi connectivity index (χ1v) is 8.87. The summed E-state index contributed by atoms with van der Waals surface area (Å²) < 4.78 is 0. The van der Waals surface area contributed by atoms with Crippen LogP contribution in [0.25, 0.3) is 11.1 Å². The zero-order chi connectivity index (χ0) is 17.4. The molecular formula is C21H28N2O. The maximum absolute atomic E-state index is 12.5. The Bertz CT molecular complexity index is 639. The lowest BCUT2D eigenvalue weighted by molar-refractivity contribution is 0.0912. The Balaban J connectivity index is 0.00000100. The SMILES string of the molecule is CC.CN1CCC[C@@H](NC(=O)c2cccc(-c3ccccc3)c2)C1. The highest BCUT2D eigenvalue weighted by atomic mass is 16.1. The minimum Gasteiger partial charge on any atom is -0.348 e. The molecule has 2 aromatic rings. The van der Waals surface area contributed by atoms with Crippen molar-refractivity contribution in [2.24, 2.45) is 0 Å². The first kappa shape index (κ1) is 18.2. The van der Waals surface area contributed by atoms with Crippen LogP contribution in [0, 0.1) is 0 Å². The van der Waals surface area contributed by atoms with E-state index in [1.807, 2.05) is 56.3 Å². The van der Waals surface area contributed by atoms with Crippen LogP contribution >= 0.6 is 0 Å². The van der Waals surface area contributed by atoms with Gasteiger partial charge in [0, 0.05) is 18.2 Å². The van der Waals surface area contributed by atoms with Gasteiger partial charge in [-0.15, -0.1) is 0 Å². The third-order valence-corrected chi connectivity index (χ3v) is 4.19. The van der Waals surface area contributed by atoms with E-state index >= 15 is 0 Å². The molecule has 0 spiro atoms. The maximum atomic E-state index is 12.5. The highest BCUT2D eigenvalue weighted by Gasteiger charge is 2.19. The van der Waals surface area contributed by atoms with Gasteiger partial charge in [0.15, 0.2) is 0 Å². The van der Waals surface area contributed by atoms with Crippen molar-refractivity contribution in [1.82, 2.24) is 10.2 Å². The van der Waals surface area contributed by atoms with Crippen molar-refractivity contribution >= 4 is 5.91 Å². The molecule has 1 heterocycles. The summed E-state index contributed by atoms with van der Waals surface area (Å²) in [6.45, 7) is 6.06. The lowest BCUT2D eigenvalue weighted by Gasteiger charge is -2.30. The van der Waals surface area contributed by atoms with Crippen molar-refractivity contribution in [3.05, 3.63) is 60.2 Å². The third-order valence-electron chi connectivity index (χ3n) is 4.19. The van der Waals surface area contributed by atoms with Crippen molar-refractivity contribution < 1.29 is 4.79 Å². The second-order valence-electron chi connectivity index (χ2n) is 6.02. The average molecular weight is 324 g/mol. The molecule has 0 bridgehead atoms.